The number of para-hydroxylation sites is 2. The van der Waals surface area contributed by atoms with E-state index in [0.717, 1.165) is 5.01 Å². The minimum absolute atomic E-state index is 0.00572. The highest BCUT2D eigenvalue weighted by molar-refractivity contribution is 5.96. The SMILES string of the molecule is NN(CC(O)COc1ccccc1)C(=O)c1ccccc1O. The summed E-state index contributed by atoms with van der Waals surface area (Å²) in [6.45, 7) is -0.105. The predicted molar refractivity (Wildman–Crippen MR) is 81.3 cm³/mol. The minimum atomic E-state index is -0.944. The maximum atomic E-state index is 12.1. The molecule has 0 radical (unpaired) electrons. The van der Waals surface area contributed by atoms with Gasteiger partial charge in [0.1, 0.15) is 24.2 Å². The maximum Gasteiger partial charge on any atom is 0.271 e. The maximum absolute atomic E-state index is 12.1. The second-order valence-electron chi connectivity index (χ2n) is 4.75. The van der Waals surface area contributed by atoms with Crippen LogP contribution in [0.5, 0.6) is 11.5 Å². The molecule has 6 nitrogen and oxygen atoms in total. The van der Waals surface area contributed by atoms with E-state index >= 15 is 0 Å². The Morgan fingerprint density at radius 2 is 1.77 bits per heavy atom. The average molecular weight is 302 g/mol. The van der Waals surface area contributed by atoms with Gasteiger partial charge in [-0.15, -0.1) is 0 Å². The number of carbonyl (C=O) groups excluding carboxylic acids is 1. The molecule has 0 bridgehead atoms. The first kappa shape index (κ1) is 15.8. The monoisotopic (exact) mass is 302 g/mol. The van der Waals surface area contributed by atoms with Crippen molar-refractivity contribution < 1.29 is 19.7 Å². The minimum Gasteiger partial charge on any atom is -0.507 e. The number of hydrogen-bond donors (Lipinski definition) is 3. The number of phenols is 1. The van der Waals surface area contributed by atoms with Crippen LogP contribution in [0.4, 0.5) is 0 Å². The van der Waals surface area contributed by atoms with Crippen LogP contribution in [0.2, 0.25) is 0 Å². The Labute approximate surface area is 128 Å². The normalized spacial score (nSPS) is 11.7. The van der Waals surface area contributed by atoms with Crippen molar-refractivity contribution >= 4 is 5.91 Å². The summed E-state index contributed by atoms with van der Waals surface area (Å²) >= 11 is 0. The molecule has 4 N–H and O–H groups in total. The van der Waals surface area contributed by atoms with Gasteiger partial charge in [0.2, 0.25) is 0 Å². The molecule has 22 heavy (non-hydrogen) atoms. The van der Waals surface area contributed by atoms with Crippen LogP contribution in [-0.2, 0) is 0 Å². The molecule has 0 aromatic heterocycles. The number of hydrogen-bond acceptors (Lipinski definition) is 5. The molecule has 0 spiro atoms. The summed E-state index contributed by atoms with van der Waals surface area (Å²) in [6, 6.07) is 15.1. The van der Waals surface area contributed by atoms with Gasteiger partial charge in [-0.25, -0.2) is 5.84 Å². The summed E-state index contributed by atoms with van der Waals surface area (Å²) in [5.74, 6) is 5.54. The van der Waals surface area contributed by atoms with E-state index in [9.17, 15) is 15.0 Å². The third kappa shape index (κ3) is 4.21. The Kier molecular flexibility index (Phi) is 5.35. The van der Waals surface area contributed by atoms with Crippen LogP contribution in [0.1, 0.15) is 10.4 Å². The van der Waals surface area contributed by atoms with Gasteiger partial charge in [-0.1, -0.05) is 30.3 Å². The lowest BCUT2D eigenvalue weighted by Crippen LogP contribution is -2.44. The smallest absolute Gasteiger partial charge is 0.271 e. The zero-order valence-electron chi connectivity index (χ0n) is 11.9. The molecule has 1 amide bonds. The second kappa shape index (κ2) is 7.44. The molecule has 0 saturated carbocycles. The van der Waals surface area contributed by atoms with Gasteiger partial charge in [0, 0.05) is 0 Å². The first-order chi connectivity index (χ1) is 10.6. The summed E-state index contributed by atoms with van der Waals surface area (Å²) in [5, 5.41) is 20.4. The third-order valence-electron chi connectivity index (χ3n) is 2.99. The molecule has 2 rings (SSSR count). The molecular formula is C16H18N2O4. The molecule has 1 atom stereocenters. The quantitative estimate of drug-likeness (QED) is 0.422. The van der Waals surface area contributed by atoms with E-state index in [1.165, 1.54) is 12.1 Å². The van der Waals surface area contributed by atoms with Gasteiger partial charge in [0.25, 0.3) is 5.91 Å². The molecular weight excluding hydrogens is 284 g/mol. The van der Waals surface area contributed by atoms with Gasteiger partial charge >= 0.3 is 0 Å². The average Bonchev–Trinajstić information content (AvgIpc) is 2.53. The first-order valence-corrected chi connectivity index (χ1v) is 6.78. The van der Waals surface area contributed by atoms with Crippen molar-refractivity contribution in [1.29, 1.82) is 0 Å². The largest absolute Gasteiger partial charge is 0.507 e. The third-order valence-corrected chi connectivity index (χ3v) is 2.99. The number of phenolic OH excluding ortho intramolecular Hbond substituents is 1. The van der Waals surface area contributed by atoms with E-state index in [-0.39, 0.29) is 24.5 Å². The number of carbonyl (C=O) groups is 1. The fraction of sp³-hybridized carbons (Fsp3) is 0.188. The van der Waals surface area contributed by atoms with Crippen molar-refractivity contribution in [2.75, 3.05) is 13.2 Å². The van der Waals surface area contributed by atoms with Gasteiger partial charge in [0.05, 0.1) is 12.1 Å². The van der Waals surface area contributed by atoms with Crippen LogP contribution in [0.3, 0.4) is 0 Å². The Balaban J connectivity index is 1.87. The van der Waals surface area contributed by atoms with Crippen molar-refractivity contribution in [1.82, 2.24) is 5.01 Å². The van der Waals surface area contributed by atoms with Crippen molar-refractivity contribution in [2.24, 2.45) is 5.84 Å². The molecule has 0 aliphatic rings. The zero-order chi connectivity index (χ0) is 15.9. The Bertz CT molecular complexity index is 619. The van der Waals surface area contributed by atoms with Crippen LogP contribution < -0.4 is 10.6 Å². The summed E-state index contributed by atoms with van der Waals surface area (Å²) < 4.78 is 5.38. The van der Waals surface area contributed by atoms with Gasteiger partial charge in [-0.2, -0.15) is 0 Å². The molecule has 1 unspecified atom stereocenters. The standard InChI is InChI=1S/C16H18N2O4/c17-18(16(21)14-8-4-5-9-15(14)20)10-12(19)11-22-13-6-2-1-3-7-13/h1-9,12,19-20H,10-11,17H2. The van der Waals surface area contributed by atoms with Crippen molar-refractivity contribution in [3.8, 4) is 11.5 Å². The van der Waals surface area contributed by atoms with E-state index in [2.05, 4.69) is 0 Å². The molecule has 0 heterocycles. The van der Waals surface area contributed by atoms with E-state index in [0.29, 0.717) is 5.75 Å². The molecule has 0 aliphatic carbocycles. The van der Waals surface area contributed by atoms with Crippen molar-refractivity contribution in [3.05, 3.63) is 60.2 Å². The lowest BCUT2D eigenvalue weighted by molar-refractivity contribution is 0.0498. The number of ether oxygens (including phenoxy) is 1. The summed E-state index contributed by atoms with van der Waals surface area (Å²) in [6.07, 6.45) is -0.944. The highest BCUT2D eigenvalue weighted by Gasteiger charge is 2.19. The van der Waals surface area contributed by atoms with E-state index in [4.69, 9.17) is 10.6 Å². The van der Waals surface area contributed by atoms with Crippen molar-refractivity contribution in [2.45, 2.75) is 6.10 Å². The van der Waals surface area contributed by atoms with Gasteiger partial charge in [-0.05, 0) is 24.3 Å². The Morgan fingerprint density at radius 1 is 1.14 bits per heavy atom. The van der Waals surface area contributed by atoms with E-state index < -0.39 is 12.0 Å². The van der Waals surface area contributed by atoms with Gasteiger partial charge in [-0.3, -0.25) is 9.80 Å². The zero-order valence-corrected chi connectivity index (χ0v) is 11.9. The lowest BCUT2D eigenvalue weighted by atomic mass is 10.2. The van der Waals surface area contributed by atoms with Crippen LogP contribution in [0, 0.1) is 0 Å². The highest BCUT2D eigenvalue weighted by atomic mass is 16.5. The summed E-state index contributed by atoms with van der Waals surface area (Å²) in [4.78, 5) is 12.1. The number of benzene rings is 2. The fourth-order valence-corrected chi connectivity index (χ4v) is 1.88. The van der Waals surface area contributed by atoms with Crippen molar-refractivity contribution in [3.63, 3.8) is 0 Å². The highest BCUT2D eigenvalue weighted by Crippen LogP contribution is 2.17. The molecule has 2 aromatic rings. The number of aliphatic hydroxyl groups is 1. The summed E-state index contributed by atoms with van der Waals surface area (Å²) in [7, 11) is 0. The number of rotatable bonds is 6. The molecule has 0 aliphatic heterocycles. The van der Waals surface area contributed by atoms with Crippen LogP contribution in [-0.4, -0.2) is 40.4 Å². The Morgan fingerprint density at radius 3 is 2.45 bits per heavy atom. The molecule has 0 fully saturated rings. The predicted octanol–water partition coefficient (Wildman–Crippen LogP) is 1.15. The second-order valence-corrected chi connectivity index (χ2v) is 4.75. The number of nitrogens with zero attached hydrogens (tertiary/aromatic N) is 1. The molecule has 6 heteroatoms. The van der Waals surface area contributed by atoms with Gasteiger partial charge < -0.3 is 14.9 Å². The van der Waals surface area contributed by atoms with Gasteiger partial charge in [0.15, 0.2) is 0 Å². The number of hydrazine groups is 1. The molecule has 2 aromatic carbocycles. The van der Waals surface area contributed by atoms with E-state index in [1.54, 1.807) is 24.3 Å². The molecule has 0 saturated heterocycles. The fourth-order valence-electron chi connectivity index (χ4n) is 1.88. The number of nitrogens with two attached hydrogens (primary N) is 1. The topological polar surface area (TPSA) is 96.0 Å². The first-order valence-electron chi connectivity index (χ1n) is 6.78. The van der Waals surface area contributed by atoms with Crippen LogP contribution >= 0.6 is 0 Å². The number of aliphatic hydroxyl groups excluding tert-OH is 1. The lowest BCUT2D eigenvalue weighted by Gasteiger charge is -2.21. The van der Waals surface area contributed by atoms with E-state index in [1.807, 2.05) is 18.2 Å². The summed E-state index contributed by atoms with van der Waals surface area (Å²) in [5.41, 5.74) is 0.0844. The van der Waals surface area contributed by atoms with Crippen LogP contribution in [0.15, 0.2) is 54.6 Å². The number of aromatic hydroxyl groups is 1. The molecule has 116 valence electrons. The number of amides is 1. The Hall–Kier alpha value is -2.57. The van der Waals surface area contributed by atoms with Crippen LogP contribution in [0.25, 0.3) is 0 Å².